The third-order valence-electron chi connectivity index (χ3n) is 3.35. The molecule has 0 fully saturated rings. The van der Waals surface area contributed by atoms with Crippen LogP contribution in [0.2, 0.25) is 0 Å². The lowest BCUT2D eigenvalue weighted by Crippen LogP contribution is -2.03. The number of nitrogen functional groups attached to an aromatic ring is 1. The second-order valence-corrected chi connectivity index (χ2v) is 4.53. The molecule has 0 aliphatic heterocycles. The normalized spacial score (nSPS) is 10.3. The number of methoxy groups -OCH3 is 3. The van der Waals surface area contributed by atoms with Crippen molar-refractivity contribution in [2.24, 2.45) is 5.73 Å². The van der Waals surface area contributed by atoms with E-state index < -0.39 is 0 Å². The van der Waals surface area contributed by atoms with Crippen molar-refractivity contribution in [3.63, 3.8) is 0 Å². The van der Waals surface area contributed by atoms with Crippen molar-refractivity contribution in [3.8, 4) is 28.4 Å². The van der Waals surface area contributed by atoms with Gasteiger partial charge >= 0.3 is 0 Å². The first-order valence-corrected chi connectivity index (χ1v) is 6.53. The standard InChI is InChI=1S/C16H20N2O3/c1-19-12-4-5-13(14(18)8-12)10-6-11(9-17)16(21-3)15(7-10)20-2/h4-8H,9,17-18H2,1-3H3. The molecular formula is C16H20N2O3. The van der Waals surface area contributed by atoms with Gasteiger partial charge in [0.15, 0.2) is 11.5 Å². The summed E-state index contributed by atoms with van der Waals surface area (Å²) in [6.07, 6.45) is 0. The minimum Gasteiger partial charge on any atom is -0.497 e. The molecule has 21 heavy (non-hydrogen) atoms. The Morgan fingerprint density at radius 3 is 2.24 bits per heavy atom. The maximum Gasteiger partial charge on any atom is 0.165 e. The summed E-state index contributed by atoms with van der Waals surface area (Å²) in [5.41, 5.74) is 15.2. The van der Waals surface area contributed by atoms with Crippen LogP contribution in [0, 0.1) is 0 Å². The molecule has 2 rings (SSSR count). The number of ether oxygens (including phenoxy) is 3. The van der Waals surface area contributed by atoms with Gasteiger partial charge in [0.1, 0.15) is 5.75 Å². The molecule has 0 unspecified atom stereocenters. The summed E-state index contributed by atoms with van der Waals surface area (Å²) in [4.78, 5) is 0. The quantitative estimate of drug-likeness (QED) is 0.826. The van der Waals surface area contributed by atoms with E-state index in [2.05, 4.69) is 0 Å². The molecule has 0 saturated heterocycles. The molecule has 2 aromatic carbocycles. The van der Waals surface area contributed by atoms with Crippen LogP contribution in [0.1, 0.15) is 5.56 Å². The van der Waals surface area contributed by atoms with Gasteiger partial charge in [0.05, 0.1) is 21.3 Å². The highest BCUT2D eigenvalue weighted by Gasteiger charge is 2.14. The Kier molecular flexibility index (Phi) is 4.55. The number of nitrogens with two attached hydrogens (primary N) is 2. The molecule has 0 amide bonds. The Morgan fingerprint density at radius 1 is 0.952 bits per heavy atom. The monoisotopic (exact) mass is 288 g/mol. The van der Waals surface area contributed by atoms with Crippen molar-refractivity contribution in [2.75, 3.05) is 27.1 Å². The summed E-state index contributed by atoms with van der Waals surface area (Å²) >= 11 is 0. The fourth-order valence-electron chi connectivity index (χ4n) is 2.28. The number of rotatable bonds is 5. The van der Waals surface area contributed by atoms with Crippen LogP contribution in [-0.4, -0.2) is 21.3 Å². The molecule has 0 aliphatic carbocycles. The van der Waals surface area contributed by atoms with Gasteiger partial charge in [0, 0.05) is 29.4 Å². The van der Waals surface area contributed by atoms with E-state index in [0.717, 1.165) is 22.4 Å². The van der Waals surface area contributed by atoms with E-state index >= 15 is 0 Å². The van der Waals surface area contributed by atoms with Crippen LogP contribution in [0.15, 0.2) is 30.3 Å². The average molecular weight is 288 g/mol. The first-order valence-electron chi connectivity index (χ1n) is 6.53. The van der Waals surface area contributed by atoms with Gasteiger partial charge in [0.25, 0.3) is 0 Å². The number of hydrogen-bond donors (Lipinski definition) is 2. The van der Waals surface area contributed by atoms with Gasteiger partial charge in [-0.15, -0.1) is 0 Å². The molecule has 5 heteroatoms. The van der Waals surface area contributed by atoms with Gasteiger partial charge in [-0.05, 0) is 29.8 Å². The number of hydrogen-bond acceptors (Lipinski definition) is 5. The van der Waals surface area contributed by atoms with Gasteiger partial charge in [-0.25, -0.2) is 0 Å². The van der Waals surface area contributed by atoms with Crippen LogP contribution in [0.5, 0.6) is 17.2 Å². The molecule has 5 nitrogen and oxygen atoms in total. The summed E-state index contributed by atoms with van der Waals surface area (Å²) in [6, 6.07) is 9.41. The summed E-state index contributed by atoms with van der Waals surface area (Å²) in [5.74, 6) is 2.00. The minimum absolute atomic E-state index is 0.351. The van der Waals surface area contributed by atoms with Crippen LogP contribution in [0.3, 0.4) is 0 Å². The molecule has 0 spiro atoms. The largest absolute Gasteiger partial charge is 0.497 e. The van der Waals surface area contributed by atoms with Crippen molar-refractivity contribution >= 4 is 5.69 Å². The molecule has 4 N–H and O–H groups in total. The molecule has 0 heterocycles. The molecule has 0 saturated carbocycles. The highest BCUT2D eigenvalue weighted by Crippen LogP contribution is 2.38. The van der Waals surface area contributed by atoms with Crippen molar-refractivity contribution in [2.45, 2.75) is 6.54 Å². The zero-order chi connectivity index (χ0) is 15.4. The zero-order valence-electron chi connectivity index (χ0n) is 12.5. The first-order chi connectivity index (χ1) is 10.1. The topological polar surface area (TPSA) is 79.7 Å². The summed E-state index contributed by atoms with van der Waals surface area (Å²) < 4.78 is 15.9. The SMILES string of the molecule is COc1ccc(-c2cc(CN)c(OC)c(OC)c2)c(N)c1. The third kappa shape index (κ3) is 2.87. The zero-order valence-corrected chi connectivity index (χ0v) is 12.5. The Morgan fingerprint density at radius 2 is 1.71 bits per heavy atom. The minimum atomic E-state index is 0.351. The Hall–Kier alpha value is -2.40. The van der Waals surface area contributed by atoms with E-state index in [0.29, 0.717) is 23.7 Å². The third-order valence-corrected chi connectivity index (χ3v) is 3.35. The van der Waals surface area contributed by atoms with Gasteiger partial charge in [-0.1, -0.05) is 0 Å². The van der Waals surface area contributed by atoms with Crippen molar-refractivity contribution in [3.05, 3.63) is 35.9 Å². The molecule has 0 bridgehead atoms. The maximum atomic E-state index is 6.10. The number of benzene rings is 2. The Balaban J connectivity index is 2.59. The summed E-state index contributed by atoms with van der Waals surface area (Å²) in [7, 11) is 4.80. The van der Waals surface area contributed by atoms with Crippen molar-refractivity contribution in [1.82, 2.24) is 0 Å². The summed E-state index contributed by atoms with van der Waals surface area (Å²) in [5, 5.41) is 0. The molecule has 0 atom stereocenters. The molecule has 2 aromatic rings. The molecular weight excluding hydrogens is 268 g/mol. The maximum absolute atomic E-state index is 6.10. The lowest BCUT2D eigenvalue weighted by molar-refractivity contribution is 0.352. The highest BCUT2D eigenvalue weighted by molar-refractivity contribution is 5.79. The summed E-state index contributed by atoms with van der Waals surface area (Å²) in [6.45, 7) is 0.351. The Labute approximate surface area is 124 Å². The van der Waals surface area contributed by atoms with E-state index in [1.54, 1.807) is 27.4 Å². The van der Waals surface area contributed by atoms with Crippen LogP contribution < -0.4 is 25.7 Å². The lowest BCUT2D eigenvalue weighted by atomic mass is 10.00. The Bertz CT molecular complexity index is 616. The average Bonchev–Trinajstić information content (AvgIpc) is 2.53. The van der Waals surface area contributed by atoms with Crippen molar-refractivity contribution < 1.29 is 14.2 Å². The fourth-order valence-corrected chi connectivity index (χ4v) is 2.28. The van der Waals surface area contributed by atoms with E-state index in [9.17, 15) is 0 Å². The predicted octanol–water partition coefficient (Wildman–Crippen LogP) is 2.42. The molecule has 0 aliphatic rings. The smallest absolute Gasteiger partial charge is 0.165 e. The van der Waals surface area contributed by atoms with E-state index in [1.807, 2.05) is 24.3 Å². The number of anilines is 1. The highest BCUT2D eigenvalue weighted by atomic mass is 16.5. The van der Waals surface area contributed by atoms with E-state index in [-0.39, 0.29) is 0 Å². The first kappa shape index (κ1) is 15.0. The van der Waals surface area contributed by atoms with Crippen LogP contribution >= 0.6 is 0 Å². The van der Waals surface area contributed by atoms with Crippen LogP contribution in [-0.2, 0) is 6.54 Å². The second kappa shape index (κ2) is 6.37. The van der Waals surface area contributed by atoms with Gasteiger partial charge < -0.3 is 25.7 Å². The molecule has 0 aromatic heterocycles. The van der Waals surface area contributed by atoms with Crippen LogP contribution in [0.25, 0.3) is 11.1 Å². The van der Waals surface area contributed by atoms with Crippen molar-refractivity contribution in [1.29, 1.82) is 0 Å². The van der Waals surface area contributed by atoms with Gasteiger partial charge in [-0.3, -0.25) is 0 Å². The van der Waals surface area contributed by atoms with Gasteiger partial charge in [0.2, 0.25) is 0 Å². The fraction of sp³-hybridized carbons (Fsp3) is 0.250. The molecule has 0 radical (unpaired) electrons. The predicted molar refractivity (Wildman–Crippen MR) is 83.8 cm³/mol. The van der Waals surface area contributed by atoms with Crippen LogP contribution in [0.4, 0.5) is 5.69 Å². The van der Waals surface area contributed by atoms with E-state index in [4.69, 9.17) is 25.7 Å². The van der Waals surface area contributed by atoms with E-state index in [1.165, 1.54) is 0 Å². The lowest BCUT2D eigenvalue weighted by Gasteiger charge is -2.15. The second-order valence-electron chi connectivity index (χ2n) is 4.53. The van der Waals surface area contributed by atoms with Gasteiger partial charge in [-0.2, -0.15) is 0 Å². The molecule has 112 valence electrons.